The van der Waals surface area contributed by atoms with Crippen molar-refractivity contribution in [1.82, 2.24) is 4.98 Å². The smallest absolute Gasteiger partial charge is 0.343 e. The molecule has 1 rings (SSSR count). The Kier molecular flexibility index (Phi) is 4.94. The number of aryl methyl sites for hydroxylation is 2. The maximum atomic E-state index is 11.6. The molecular weight excluding hydrogens is 218 g/mol. The lowest BCUT2D eigenvalue weighted by molar-refractivity contribution is 0.0598. The summed E-state index contributed by atoms with van der Waals surface area (Å²) in [5.74, 6) is -0.581. The number of carbonyl (C=O) groups is 1. The van der Waals surface area contributed by atoms with Crippen molar-refractivity contribution in [2.24, 2.45) is 0 Å². The normalized spacial score (nSPS) is 10.3. The van der Waals surface area contributed by atoms with Crippen LogP contribution in [0.15, 0.2) is 10.9 Å². The van der Waals surface area contributed by atoms with Gasteiger partial charge in [-0.1, -0.05) is 19.8 Å². The highest BCUT2D eigenvalue weighted by molar-refractivity contribution is 5.89. The van der Waals surface area contributed by atoms with E-state index in [4.69, 9.17) is 0 Å². The van der Waals surface area contributed by atoms with Gasteiger partial charge in [0, 0.05) is 5.69 Å². The van der Waals surface area contributed by atoms with Crippen LogP contribution in [-0.4, -0.2) is 18.1 Å². The van der Waals surface area contributed by atoms with E-state index >= 15 is 0 Å². The van der Waals surface area contributed by atoms with E-state index in [1.54, 1.807) is 6.07 Å². The van der Waals surface area contributed by atoms with Gasteiger partial charge in [0.2, 0.25) is 0 Å². The Bertz CT molecular complexity index is 448. The van der Waals surface area contributed by atoms with Crippen LogP contribution in [0.1, 0.15) is 47.8 Å². The van der Waals surface area contributed by atoms with Gasteiger partial charge in [0.15, 0.2) is 0 Å². The number of rotatable bonds is 5. The molecule has 0 atom stereocenters. The van der Waals surface area contributed by atoms with Gasteiger partial charge in [0.25, 0.3) is 5.56 Å². The van der Waals surface area contributed by atoms with Crippen molar-refractivity contribution in [2.75, 3.05) is 7.11 Å². The van der Waals surface area contributed by atoms with Crippen LogP contribution < -0.4 is 5.56 Å². The first-order valence-corrected chi connectivity index (χ1v) is 5.91. The lowest BCUT2D eigenvalue weighted by Gasteiger charge is -2.07. The molecular formula is C13H19NO3. The van der Waals surface area contributed by atoms with Crippen molar-refractivity contribution in [3.05, 3.63) is 33.2 Å². The minimum absolute atomic E-state index is 0.0876. The molecule has 0 amide bonds. The van der Waals surface area contributed by atoms with Crippen LogP contribution in [0.5, 0.6) is 0 Å². The van der Waals surface area contributed by atoms with E-state index in [9.17, 15) is 9.59 Å². The zero-order valence-corrected chi connectivity index (χ0v) is 10.6. The Morgan fingerprint density at radius 1 is 1.41 bits per heavy atom. The molecule has 1 aromatic rings. The molecule has 0 aromatic carbocycles. The van der Waals surface area contributed by atoms with E-state index in [0.717, 1.165) is 36.9 Å². The standard InChI is InChI=1S/C13H19NO3/c1-4-5-6-7-10-8-11(13(16)17-3)12(15)14-9(10)2/h8H,4-7H2,1-3H3,(H,14,15). The Morgan fingerprint density at radius 2 is 2.12 bits per heavy atom. The molecule has 0 bridgehead atoms. The number of aromatic nitrogens is 1. The van der Waals surface area contributed by atoms with E-state index in [1.165, 1.54) is 7.11 Å². The zero-order valence-electron chi connectivity index (χ0n) is 10.6. The molecule has 0 aliphatic heterocycles. The lowest BCUT2D eigenvalue weighted by atomic mass is 10.0. The van der Waals surface area contributed by atoms with Gasteiger partial charge in [-0.05, 0) is 31.4 Å². The van der Waals surface area contributed by atoms with Gasteiger partial charge in [-0.25, -0.2) is 4.79 Å². The van der Waals surface area contributed by atoms with Crippen LogP contribution in [0, 0.1) is 6.92 Å². The summed E-state index contributed by atoms with van der Waals surface area (Å²) in [6, 6.07) is 1.65. The highest BCUT2D eigenvalue weighted by atomic mass is 16.5. The van der Waals surface area contributed by atoms with Gasteiger partial charge in [-0.2, -0.15) is 0 Å². The highest BCUT2D eigenvalue weighted by Gasteiger charge is 2.13. The molecule has 0 unspecified atom stereocenters. The van der Waals surface area contributed by atoms with Gasteiger partial charge in [0.1, 0.15) is 5.56 Å². The molecule has 0 aliphatic rings. The number of hydrogen-bond acceptors (Lipinski definition) is 3. The van der Waals surface area contributed by atoms with Crippen molar-refractivity contribution in [3.8, 4) is 0 Å². The Hall–Kier alpha value is -1.58. The fourth-order valence-corrected chi connectivity index (χ4v) is 1.75. The average Bonchev–Trinajstić information content (AvgIpc) is 2.31. The van der Waals surface area contributed by atoms with E-state index in [1.807, 2.05) is 6.92 Å². The van der Waals surface area contributed by atoms with Crippen molar-refractivity contribution >= 4 is 5.97 Å². The first-order chi connectivity index (χ1) is 8.10. The Balaban J connectivity index is 2.98. The SMILES string of the molecule is CCCCCc1cc(C(=O)OC)c(=O)[nH]c1C. The quantitative estimate of drug-likeness (QED) is 0.631. The molecule has 0 spiro atoms. The predicted octanol–water partition coefficient (Wildman–Crippen LogP) is 2.20. The summed E-state index contributed by atoms with van der Waals surface area (Å²) in [5.41, 5.74) is 1.55. The summed E-state index contributed by atoms with van der Waals surface area (Å²) in [7, 11) is 1.28. The summed E-state index contributed by atoms with van der Waals surface area (Å²) < 4.78 is 4.58. The number of aromatic amines is 1. The number of pyridine rings is 1. The third kappa shape index (κ3) is 3.44. The van der Waals surface area contributed by atoms with Gasteiger partial charge < -0.3 is 9.72 Å². The van der Waals surface area contributed by atoms with Crippen molar-refractivity contribution < 1.29 is 9.53 Å². The molecule has 0 aliphatic carbocycles. The maximum Gasteiger partial charge on any atom is 0.343 e. The monoisotopic (exact) mass is 237 g/mol. The van der Waals surface area contributed by atoms with Crippen LogP contribution in [-0.2, 0) is 11.2 Å². The van der Waals surface area contributed by atoms with Crippen molar-refractivity contribution in [3.63, 3.8) is 0 Å². The summed E-state index contributed by atoms with van der Waals surface area (Å²) in [6.45, 7) is 3.99. The molecule has 0 fully saturated rings. The van der Waals surface area contributed by atoms with Crippen LogP contribution in [0.2, 0.25) is 0 Å². The van der Waals surface area contributed by atoms with Gasteiger partial charge in [-0.15, -0.1) is 0 Å². The van der Waals surface area contributed by atoms with Gasteiger partial charge in [-0.3, -0.25) is 4.79 Å². The second-order valence-corrected chi connectivity index (χ2v) is 4.11. The number of H-pyrrole nitrogens is 1. The van der Waals surface area contributed by atoms with E-state index in [0.29, 0.717) is 0 Å². The number of hydrogen-bond donors (Lipinski definition) is 1. The number of esters is 1. The minimum Gasteiger partial charge on any atom is -0.465 e. The number of unbranched alkanes of at least 4 members (excludes halogenated alkanes) is 2. The largest absolute Gasteiger partial charge is 0.465 e. The zero-order chi connectivity index (χ0) is 12.8. The molecule has 17 heavy (non-hydrogen) atoms. The summed E-state index contributed by atoms with van der Waals surface area (Å²) in [6.07, 6.45) is 4.23. The predicted molar refractivity (Wildman–Crippen MR) is 66.4 cm³/mol. The third-order valence-electron chi connectivity index (χ3n) is 2.80. The second-order valence-electron chi connectivity index (χ2n) is 4.11. The Morgan fingerprint density at radius 3 is 2.71 bits per heavy atom. The van der Waals surface area contributed by atoms with Crippen LogP contribution in [0.4, 0.5) is 0 Å². The number of methoxy groups -OCH3 is 1. The molecule has 94 valence electrons. The van der Waals surface area contributed by atoms with E-state index in [2.05, 4.69) is 16.6 Å². The van der Waals surface area contributed by atoms with Crippen molar-refractivity contribution in [1.29, 1.82) is 0 Å². The lowest BCUT2D eigenvalue weighted by Crippen LogP contribution is -2.20. The van der Waals surface area contributed by atoms with Crippen LogP contribution in [0.25, 0.3) is 0 Å². The molecule has 1 heterocycles. The van der Waals surface area contributed by atoms with Gasteiger partial charge >= 0.3 is 5.97 Å². The van der Waals surface area contributed by atoms with E-state index in [-0.39, 0.29) is 11.1 Å². The number of carbonyl (C=O) groups excluding carboxylic acids is 1. The fourth-order valence-electron chi connectivity index (χ4n) is 1.75. The second kappa shape index (κ2) is 6.23. The van der Waals surface area contributed by atoms with Crippen LogP contribution >= 0.6 is 0 Å². The van der Waals surface area contributed by atoms with Crippen molar-refractivity contribution in [2.45, 2.75) is 39.5 Å². The molecule has 1 aromatic heterocycles. The highest BCUT2D eigenvalue weighted by Crippen LogP contribution is 2.10. The minimum atomic E-state index is -0.581. The summed E-state index contributed by atoms with van der Waals surface area (Å²) in [4.78, 5) is 25.6. The molecule has 0 saturated heterocycles. The fraction of sp³-hybridized carbons (Fsp3) is 0.538. The molecule has 0 saturated carbocycles. The third-order valence-corrected chi connectivity index (χ3v) is 2.80. The first kappa shape index (κ1) is 13.5. The van der Waals surface area contributed by atoms with E-state index < -0.39 is 5.97 Å². The molecule has 1 N–H and O–H groups in total. The first-order valence-electron chi connectivity index (χ1n) is 5.91. The average molecular weight is 237 g/mol. The summed E-state index contributed by atoms with van der Waals surface area (Å²) >= 11 is 0. The Labute approximate surface area is 101 Å². The molecule has 4 heteroatoms. The molecule has 0 radical (unpaired) electrons. The van der Waals surface area contributed by atoms with Gasteiger partial charge in [0.05, 0.1) is 7.11 Å². The number of ether oxygens (including phenoxy) is 1. The topological polar surface area (TPSA) is 59.2 Å². The maximum absolute atomic E-state index is 11.6. The number of nitrogens with one attached hydrogen (secondary N) is 1. The summed E-state index contributed by atoms with van der Waals surface area (Å²) in [5, 5.41) is 0. The van der Waals surface area contributed by atoms with Crippen LogP contribution in [0.3, 0.4) is 0 Å². The molecule has 4 nitrogen and oxygen atoms in total.